The first kappa shape index (κ1) is 26.1. The van der Waals surface area contributed by atoms with Crippen LogP contribution in [-0.2, 0) is 23.8 Å². The van der Waals surface area contributed by atoms with Gasteiger partial charge < -0.3 is 14.2 Å². The van der Waals surface area contributed by atoms with Crippen molar-refractivity contribution < 1.29 is 23.8 Å². The molecule has 180 valence electrons. The molecule has 2 saturated heterocycles. The Bertz CT molecular complexity index is 526. The van der Waals surface area contributed by atoms with E-state index < -0.39 is 18.0 Å². The lowest BCUT2D eigenvalue weighted by molar-refractivity contribution is -0.271. The molecule has 0 aliphatic carbocycles. The number of carbonyl (C=O) groups is 2. The van der Waals surface area contributed by atoms with Crippen LogP contribution >= 0.6 is 0 Å². The van der Waals surface area contributed by atoms with Crippen LogP contribution in [0.1, 0.15) is 117 Å². The lowest BCUT2D eigenvalue weighted by Gasteiger charge is -2.29. The summed E-state index contributed by atoms with van der Waals surface area (Å²) >= 11 is 0. The Labute approximate surface area is 189 Å². The standard InChI is InChI=1S/C25H45NO5/c1-3-5-6-7-8-9-10-11-12-13-14-15-16-17-21-30-25-19-18-20-26(25)23(27)22(31-25)24(28)29-4-2/h22H,3-21H2,1-2H3. The van der Waals surface area contributed by atoms with Crippen LogP contribution in [0.3, 0.4) is 0 Å². The van der Waals surface area contributed by atoms with Crippen LogP contribution in [-0.4, -0.2) is 48.5 Å². The number of carbonyl (C=O) groups excluding carboxylic acids is 2. The van der Waals surface area contributed by atoms with Crippen LogP contribution in [0.25, 0.3) is 0 Å². The van der Waals surface area contributed by atoms with E-state index in [9.17, 15) is 9.59 Å². The molecule has 2 fully saturated rings. The van der Waals surface area contributed by atoms with Gasteiger partial charge in [0, 0.05) is 13.0 Å². The third kappa shape index (κ3) is 8.38. The highest BCUT2D eigenvalue weighted by Gasteiger charge is 2.58. The zero-order valence-electron chi connectivity index (χ0n) is 20.0. The van der Waals surface area contributed by atoms with Crippen LogP contribution in [0.4, 0.5) is 0 Å². The van der Waals surface area contributed by atoms with E-state index in [1.807, 2.05) is 0 Å². The number of ether oxygens (including phenoxy) is 3. The summed E-state index contributed by atoms with van der Waals surface area (Å²) in [6.07, 6.45) is 18.7. The summed E-state index contributed by atoms with van der Waals surface area (Å²) in [5.74, 6) is -1.98. The summed E-state index contributed by atoms with van der Waals surface area (Å²) in [6, 6.07) is 0. The summed E-state index contributed by atoms with van der Waals surface area (Å²) in [6.45, 7) is 5.36. The molecule has 2 unspecified atom stereocenters. The second-order valence-electron chi connectivity index (χ2n) is 9.00. The molecule has 2 heterocycles. The van der Waals surface area contributed by atoms with Gasteiger partial charge in [-0.15, -0.1) is 0 Å². The second-order valence-corrected chi connectivity index (χ2v) is 9.00. The van der Waals surface area contributed by atoms with Crippen molar-refractivity contribution in [3.8, 4) is 0 Å². The number of amides is 1. The monoisotopic (exact) mass is 439 g/mol. The molecule has 1 amide bonds. The first-order chi connectivity index (χ1) is 15.1. The number of fused-ring (bicyclic) bond motifs is 1. The van der Waals surface area contributed by atoms with E-state index in [0.29, 0.717) is 19.6 Å². The Kier molecular flexibility index (Phi) is 12.5. The fourth-order valence-corrected chi connectivity index (χ4v) is 4.62. The molecule has 2 atom stereocenters. The SMILES string of the molecule is CCCCCCCCCCCCCCCCOC12CCCN1C(=O)C(C(=O)OCC)O2. The van der Waals surface area contributed by atoms with Gasteiger partial charge in [0.2, 0.25) is 6.10 Å². The van der Waals surface area contributed by atoms with Gasteiger partial charge in [-0.25, -0.2) is 4.79 Å². The Morgan fingerprint density at radius 2 is 1.48 bits per heavy atom. The second kappa shape index (κ2) is 14.8. The minimum absolute atomic E-state index is 0.235. The molecule has 2 aliphatic heterocycles. The minimum Gasteiger partial charge on any atom is -0.464 e. The van der Waals surface area contributed by atoms with Gasteiger partial charge in [0.05, 0.1) is 13.2 Å². The Balaban J connectivity index is 1.48. The summed E-state index contributed by atoms with van der Waals surface area (Å²) in [5, 5.41) is 0. The van der Waals surface area contributed by atoms with Crippen molar-refractivity contribution >= 4 is 11.9 Å². The minimum atomic E-state index is -1.17. The normalized spacial score (nSPS) is 22.8. The Hall–Kier alpha value is -1.14. The van der Waals surface area contributed by atoms with Gasteiger partial charge in [0.25, 0.3) is 11.8 Å². The van der Waals surface area contributed by atoms with Gasteiger partial charge in [-0.05, 0) is 19.8 Å². The average molecular weight is 440 g/mol. The van der Waals surface area contributed by atoms with Gasteiger partial charge in [0.15, 0.2) is 0 Å². The highest BCUT2D eigenvalue weighted by molar-refractivity contribution is 6.02. The van der Waals surface area contributed by atoms with Crippen LogP contribution in [0, 0.1) is 0 Å². The number of nitrogens with zero attached hydrogens (tertiary/aromatic N) is 1. The van der Waals surface area contributed by atoms with Crippen LogP contribution in [0.15, 0.2) is 0 Å². The zero-order valence-corrected chi connectivity index (χ0v) is 20.0. The van der Waals surface area contributed by atoms with Gasteiger partial charge in [-0.3, -0.25) is 9.69 Å². The summed E-state index contributed by atoms with van der Waals surface area (Å²) in [4.78, 5) is 26.1. The zero-order chi connectivity index (χ0) is 22.4. The van der Waals surface area contributed by atoms with E-state index in [0.717, 1.165) is 19.3 Å². The molecule has 0 aromatic carbocycles. The van der Waals surface area contributed by atoms with E-state index in [4.69, 9.17) is 14.2 Å². The van der Waals surface area contributed by atoms with Gasteiger partial charge in [-0.1, -0.05) is 90.4 Å². The first-order valence-corrected chi connectivity index (χ1v) is 12.9. The van der Waals surface area contributed by atoms with Crippen molar-refractivity contribution in [3.63, 3.8) is 0 Å². The number of esters is 1. The molecule has 2 aliphatic rings. The van der Waals surface area contributed by atoms with Crippen molar-refractivity contribution in [2.45, 2.75) is 129 Å². The first-order valence-electron chi connectivity index (χ1n) is 12.9. The van der Waals surface area contributed by atoms with Gasteiger partial charge in [-0.2, -0.15) is 0 Å². The van der Waals surface area contributed by atoms with Crippen molar-refractivity contribution in [3.05, 3.63) is 0 Å². The number of unbranched alkanes of at least 4 members (excludes halogenated alkanes) is 13. The predicted molar refractivity (Wildman–Crippen MR) is 121 cm³/mol. The van der Waals surface area contributed by atoms with Crippen LogP contribution in [0.2, 0.25) is 0 Å². The maximum absolute atomic E-state index is 12.5. The molecule has 0 bridgehead atoms. The lowest BCUT2D eigenvalue weighted by Crippen LogP contribution is -2.44. The smallest absolute Gasteiger partial charge is 0.345 e. The summed E-state index contributed by atoms with van der Waals surface area (Å²) in [5.41, 5.74) is 0. The Morgan fingerprint density at radius 3 is 2.03 bits per heavy atom. The Morgan fingerprint density at radius 1 is 0.935 bits per heavy atom. The summed E-state index contributed by atoms with van der Waals surface area (Å²) < 4.78 is 16.8. The highest BCUT2D eigenvalue weighted by atomic mass is 16.7. The number of hydrogen-bond acceptors (Lipinski definition) is 5. The molecular weight excluding hydrogens is 394 g/mol. The molecular formula is C25H45NO5. The molecule has 0 radical (unpaired) electrons. The third-order valence-corrected chi connectivity index (χ3v) is 6.40. The van der Waals surface area contributed by atoms with E-state index in [1.165, 1.54) is 77.0 Å². The van der Waals surface area contributed by atoms with Crippen molar-refractivity contribution in [1.82, 2.24) is 4.90 Å². The van der Waals surface area contributed by atoms with Crippen molar-refractivity contribution in [1.29, 1.82) is 0 Å². The van der Waals surface area contributed by atoms with Gasteiger partial charge in [0.1, 0.15) is 0 Å². The number of hydrogen-bond donors (Lipinski definition) is 0. The van der Waals surface area contributed by atoms with Crippen molar-refractivity contribution in [2.75, 3.05) is 19.8 Å². The van der Waals surface area contributed by atoms with E-state index >= 15 is 0 Å². The van der Waals surface area contributed by atoms with Crippen LogP contribution in [0.5, 0.6) is 0 Å². The maximum atomic E-state index is 12.5. The molecule has 0 N–H and O–H groups in total. The predicted octanol–water partition coefficient (Wildman–Crippen LogP) is 5.72. The fourth-order valence-electron chi connectivity index (χ4n) is 4.62. The summed E-state index contributed by atoms with van der Waals surface area (Å²) in [7, 11) is 0. The molecule has 0 aromatic heterocycles. The van der Waals surface area contributed by atoms with Crippen LogP contribution < -0.4 is 0 Å². The van der Waals surface area contributed by atoms with Crippen molar-refractivity contribution in [2.24, 2.45) is 0 Å². The molecule has 6 nitrogen and oxygen atoms in total. The number of rotatable bonds is 18. The van der Waals surface area contributed by atoms with E-state index in [2.05, 4.69) is 6.92 Å². The average Bonchev–Trinajstić information content (AvgIpc) is 3.29. The molecule has 0 aromatic rings. The fraction of sp³-hybridized carbons (Fsp3) is 0.920. The van der Waals surface area contributed by atoms with E-state index in [1.54, 1.807) is 11.8 Å². The third-order valence-electron chi connectivity index (χ3n) is 6.40. The highest BCUT2D eigenvalue weighted by Crippen LogP contribution is 2.39. The maximum Gasteiger partial charge on any atom is 0.345 e. The topological polar surface area (TPSA) is 65.1 Å². The molecule has 31 heavy (non-hydrogen) atoms. The largest absolute Gasteiger partial charge is 0.464 e. The molecule has 6 heteroatoms. The van der Waals surface area contributed by atoms with Gasteiger partial charge >= 0.3 is 5.97 Å². The van der Waals surface area contributed by atoms with E-state index in [-0.39, 0.29) is 12.5 Å². The quantitative estimate of drug-likeness (QED) is 0.155. The molecule has 2 rings (SSSR count). The lowest BCUT2D eigenvalue weighted by atomic mass is 10.0. The molecule has 0 saturated carbocycles. The molecule has 0 spiro atoms.